The maximum absolute atomic E-state index is 11.5. The zero-order chi connectivity index (χ0) is 15.7. The Morgan fingerprint density at radius 3 is 2.62 bits per heavy atom. The molecule has 118 valence electrons. The normalized spacial score (nSPS) is 13.5. The van der Waals surface area contributed by atoms with E-state index in [-0.39, 0.29) is 0 Å². The zero-order valence-electron chi connectivity index (χ0n) is 13.0. The molecule has 1 rings (SSSR count). The van der Waals surface area contributed by atoms with E-state index in [1.165, 1.54) is 0 Å². The number of rotatable bonds is 10. The van der Waals surface area contributed by atoms with Gasteiger partial charge in [0.2, 0.25) is 0 Å². The van der Waals surface area contributed by atoms with Gasteiger partial charge in [-0.2, -0.15) is 0 Å². The number of benzene rings is 1. The molecule has 0 aromatic heterocycles. The van der Waals surface area contributed by atoms with Crippen molar-refractivity contribution in [3.63, 3.8) is 0 Å². The summed E-state index contributed by atoms with van der Waals surface area (Å²) in [5.41, 5.74) is -0.855. The van der Waals surface area contributed by atoms with Gasteiger partial charge in [0.15, 0.2) is 0 Å². The van der Waals surface area contributed by atoms with Gasteiger partial charge >= 0.3 is 5.97 Å². The molecule has 0 radical (unpaired) electrons. The van der Waals surface area contributed by atoms with E-state index in [4.69, 9.17) is 9.47 Å². The van der Waals surface area contributed by atoms with E-state index < -0.39 is 11.5 Å². The lowest BCUT2D eigenvalue weighted by Crippen LogP contribution is -2.51. The Hall–Kier alpha value is -1.75. The smallest absolute Gasteiger partial charge is 0.323 e. The number of ether oxygens (including phenoxy) is 2. The quantitative estimate of drug-likeness (QED) is 0.650. The molecule has 1 aromatic carbocycles. The van der Waals surface area contributed by atoms with Crippen LogP contribution in [0.15, 0.2) is 24.3 Å². The molecule has 5 heteroatoms. The fraction of sp³-hybridized carbons (Fsp3) is 0.562. The second-order valence-corrected chi connectivity index (χ2v) is 4.90. The van der Waals surface area contributed by atoms with Crippen LogP contribution in [0.1, 0.15) is 33.1 Å². The summed E-state index contributed by atoms with van der Waals surface area (Å²) < 4.78 is 10.8. The Bertz CT molecular complexity index is 450. The van der Waals surface area contributed by atoms with Gasteiger partial charge in [-0.15, -0.1) is 0 Å². The van der Waals surface area contributed by atoms with Gasteiger partial charge in [-0.05, 0) is 37.9 Å². The fourth-order valence-electron chi connectivity index (χ4n) is 2.32. The number of hydrogen-bond acceptors (Lipinski definition) is 4. The lowest BCUT2D eigenvalue weighted by atomic mass is 9.90. The molecule has 0 amide bonds. The molecule has 2 N–H and O–H groups in total. The number of carboxylic acid groups (broad SMARTS) is 1. The van der Waals surface area contributed by atoms with Gasteiger partial charge in [0, 0.05) is 6.07 Å². The van der Waals surface area contributed by atoms with Gasteiger partial charge in [0.1, 0.15) is 17.0 Å². The van der Waals surface area contributed by atoms with E-state index in [1.807, 2.05) is 38.1 Å². The average molecular weight is 295 g/mol. The van der Waals surface area contributed by atoms with Crippen LogP contribution in [0.5, 0.6) is 11.5 Å². The van der Waals surface area contributed by atoms with E-state index >= 15 is 0 Å². The summed E-state index contributed by atoms with van der Waals surface area (Å²) in [4.78, 5) is 11.5. The van der Waals surface area contributed by atoms with Crippen molar-refractivity contribution in [2.45, 2.75) is 38.6 Å². The zero-order valence-corrected chi connectivity index (χ0v) is 13.0. The van der Waals surface area contributed by atoms with Crippen molar-refractivity contribution in [2.24, 2.45) is 0 Å². The highest BCUT2D eigenvalue weighted by Crippen LogP contribution is 2.21. The van der Waals surface area contributed by atoms with Crippen molar-refractivity contribution in [1.29, 1.82) is 0 Å². The Labute approximate surface area is 126 Å². The number of likely N-dealkylation sites (N-methyl/N-ethyl adjacent to an activating group) is 1. The van der Waals surface area contributed by atoms with Crippen molar-refractivity contribution >= 4 is 5.97 Å². The average Bonchev–Trinajstić information content (AvgIpc) is 2.50. The largest absolute Gasteiger partial charge is 0.497 e. The third-order valence-electron chi connectivity index (χ3n) is 3.59. The van der Waals surface area contributed by atoms with Crippen LogP contribution >= 0.6 is 0 Å². The number of carboxylic acids is 1. The Kier molecular flexibility index (Phi) is 7.02. The molecular weight excluding hydrogens is 270 g/mol. The first-order chi connectivity index (χ1) is 10.1. The first-order valence-corrected chi connectivity index (χ1v) is 7.33. The van der Waals surface area contributed by atoms with Crippen LogP contribution in [0.25, 0.3) is 0 Å². The number of carbonyl (C=O) groups is 1. The predicted molar refractivity (Wildman–Crippen MR) is 82.1 cm³/mol. The second kappa shape index (κ2) is 8.52. The predicted octanol–water partition coefficient (Wildman–Crippen LogP) is 2.70. The minimum absolute atomic E-state index is 0.480. The summed E-state index contributed by atoms with van der Waals surface area (Å²) in [6, 6.07) is 7.39. The van der Waals surface area contributed by atoms with Gasteiger partial charge < -0.3 is 19.9 Å². The van der Waals surface area contributed by atoms with E-state index in [0.717, 1.165) is 11.5 Å². The fourth-order valence-corrected chi connectivity index (χ4v) is 2.32. The Morgan fingerprint density at radius 1 is 1.33 bits per heavy atom. The highest BCUT2D eigenvalue weighted by molar-refractivity contribution is 5.78. The van der Waals surface area contributed by atoms with Gasteiger partial charge in [-0.3, -0.25) is 4.79 Å². The van der Waals surface area contributed by atoms with E-state index in [0.29, 0.717) is 32.4 Å². The Balaban J connectivity index is 2.49. The minimum Gasteiger partial charge on any atom is -0.497 e. The number of methoxy groups -OCH3 is 1. The van der Waals surface area contributed by atoms with Crippen LogP contribution in [0.2, 0.25) is 0 Å². The maximum Gasteiger partial charge on any atom is 0.323 e. The molecule has 5 nitrogen and oxygen atoms in total. The summed E-state index contributed by atoms with van der Waals surface area (Å²) in [5.74, 6) is 0.678. The second-order valence-electron chi connectivity index (χ2n) is 4.90. The summed E-state index contributed by atoms with van der Waals surface area (Å²) in [6.07, 6.45) is 1.76. The van der Waals surface area contributed by atoms with Gasteiger partial charge in [-0.1, -0.05) is 19.9 Å². The summed E-state index contributed by atoms with van der Waals surface area (Å²) in [7, 11) is 1.61. The van der Waals surface area contributed by atoms with Crippen LogP contribution in [0.3, 0.4) is 0 Å². The van der Waals surface area contributed by atoms with Gasteiger partial charge in [0.25, 0.3) is 0 Å². The van der Waals surface area contributed by atoms with Gasteiger partial charge in [-0.25, -0.2) is 0 Å². The SMILES string of the molecule is CCNC(CC)(CCCOc1cccc(OC)c1)C(=O)O. The molecule has 1 unspecified atom stereocenters. The number of hydrogen-bond donors (Lipinski definition) is 2. The lowest BCUT2D eigenvalue weighted by Gasteiger charge is -2.29. The molecule has 1 aromatic rings. The molecule has 0 saturated carbocycles. The summed E-state index contributed by atoms with van der Waals surface area (Å²) in [6.45, 7) is 4.92. The van der Waals surface area contributed by atoms with Crippen molar-refractivity contribution in [2.75, 3.05) is 20.3 Å². The monoisotopic (exact) mass is 295 g/mol. The van der Waals surface area contributed by atoms with E-state index in [2.05, 4.69) is 5.32 Å². The van der Waals surface area contributed by atoms with Gasteiger partial charge in [0.05, 0.1) is 13.7 Å². The van der Waals surface area contributed by atoms with Crippen LogP contribution in [-0.2, 0) is 4.79 Å². The summed E-state index contributed by atoms with van der Waals surface area (Å²) in [5, 5.41) is 12.5. The molecule has 0 spiro atoms. The minimum atomic E-state index is -0.855. The number of aliphatic carboxylic acids is 1. The van der Waals surface area contributed by atoms with E-state index in [9.17, 15) is 9.90 Å². The highest BCUT2D eigenvalue weighted by Gasteiger charge is 2.34. The molecule has 0 fully saturated rings. The molecule has 0 aliphatic carbocycles. The molecule has 0 saturated heterocycles. The van der Waals surface area contributed by atoms with Crippen molar-refractivity contribution in [1.82, 2.24) is 5.32 Å². The van der Waals surface area contributed by atoms with E-state index in [1.54, 1.807) is 7.11 Å². The third kappa shape index (κ3) is 4.93. The van der Waals surface area contributed by atoms with Crippen molar-refractivity contribution in [3.05, 3.63) is 24.3 Å². The molecule has 1 atom stereocenters. The molecule has 21 heavy (non-hydrogen) atoms. The third-order valence-corrected chi connectivity index (χ3v) is 3.59. The van der Waals surface area contributed by atoms with Crippen LogP contribution < -0.4 is 14.8 Å². The molecular formula is C16H25NO4. The van der Waals surface area contributed by atoms with Crippen molar-refractivity contribution in [3.8, 4) is 11.5 Å². The molecule has 0 aliphatic heterocycles. The molecule has 0 heterocycles. The Morgan fingerprint density at radius 2 is 2.05 bits per heavy atom. The standard InChI is InChI=1S/C16H25NO4/c1-4-16(15(18)19,17-5-2)10-7-11-21-14-9-6-8-13(12-14)20-3/h6,8-9,12,17H,4-5,7,10-11H2,1-3H3,(H,18,19). The first kappa shape index (κ1) is 17.3. The maximum atomic E-state index is 11.5. The summed E-state index contributed by atoms with van der Waals surface area (Å²) >= 11 is 0. The highest BCUT2D eigenvalue weighted by atomic mass is 16.5. The first-order valence-electron chi connectivity index (χ1n) is 7.33. The topological polar surface area (TPSA) is 67.8 Å². The van der Waals surface area contributed by atoms with Crippen LogP contribution in [-0.4, -0.2) is 36.9 Å². The molecule has 0 bridgehead atoms. The number of nitrogens with one attached hydrogen (secondary N) is 1. The van der Waals surface area contributed by atoms with Crippen molar-refractivity contribution < 1.29 is 19.4 Å². The molecule has 0 aliphatic rings. The van der Waals surface area contributed by atoms with Crippen LogP contribution in [0.4, 0.5) is 0 Å². The lowest BCUT2D eigenvalue weighted by molar-refractivity contribution is -0.145. The van der Waals surface area contributed by atoms with Crippen LogP contribution in [0, 0.1) is 0 Å².